The first kappa shape index (κ1) is 24.1. The van der Waals surface area contributed by atoms with Crippen molar-refractivity contribution in [1.82, 2.24) is 29.9 Å². The Morgan fingerprint density at radius 1 is 0.973 bits per heavy atom. The lowest BCUT2D eigenvalue weighted by atomic mass is 10.1. The number of hydrogen-bond acceptors (Lipinski definition) is 9. The molecule has 0 saturated heterocycles. The minimum atomic E-state index is -3.40. The zero-order chi connectivity index (χ0) is 26.0. The third-order valence-corrected chi connectivity index (χ3v) is 6.67. The number of pyridine rings is 1. The van der Waals surface area contributed by atoms with Crippen LogP contribution in [-0.2, 0) is 9.84 Å². The molecular weight excluding hydrogens is 514 g/mol. The SMILES string of the molecule is CS(=O)(=O)c1ccc(-c2nnc(C=Cc3nnc(-c4ccc(C#N)cc4)o3)n2-c2ccccc2Cl)nc1. The highest BCUT2D eigenvalue weighted by Crippen LogP contribution is 2.28. The lowest BCUT2D eigenvalue weighted by Crippen LogP contribution is -2.03. The van der Waals surface area contributed by atoms with Gasteiger partial charge in [0, 0.05) is 24.1 Å². The maximum absolute atomic E-state index is 11.8. The molecule has 5 rings (SSSR count). The van der Waals surface area contributed by atoms with Gasteiger partial charge >= 0.3 is 0 Å². The predicted molar refractivity (Wildman–Crippen MR) is 136 cm³/mol. The number of rotatable bonds is 6. The molecule has 2 aromatic carbocycles. The Morgan fingerprint density at radius 3 is 2.43 bits per heavy atom. The molecule has 0 unspecified atom stereocenters. The number of sulfone groups is 1. The smallest absolute Gasteiger partial charge is 0.248 e. The lowest BCUT2D eigenvalue weighted by Gasteiger charge is -2.10. The highest BCUT2D eigenvalue weighted by molar-refractivity contribution is 7.90. The summed E-state index contributed by atoms with van der Waals surface area (Å²) >= 11 is 6.48. The zero-order valence-corrected chi connectivity index (χ0v) is 20.7. The van der Waals surface area contributed by atoms with Gasteiger partial charge in [-0.2, -0.15) is 5.26 Å². The molecule has 0 N–H and O–H groups in total. The fraction of sp³-hybridized carbons (Fsp3) is 0.0400. The topological polar surface area (TPSA) is 140 Å². The summed E-state index contributed by atoms with van der Waals surface area (Å²) in [5.41, 5.74) is 2.21. The van der Waals surface area contributed by atoms with Gasteiger partial charge in [0.2, 0.25) is 11.8 Å². The standard InChI is InChI=1S/C25H16ClN7O3S/c1-37(34,35)18-10-11-20(28-15-18)24-31-29-22(33(24)21-5-3-2-4-19(21)26)12-13-23-30-32-25(36-23)17-8-6-16(14-27)7-9-17/h2-13,15H,1H3. The van der Waals surface area contributed by atoms with Gasteiger partial charge in [-0.1, -0.05) is 23.7 Å². The van der Waals surface area contributed by atoms with Crippen LogP contribution in [0.5, 0.6) is 0 Å². The van der Waals surface area contributed by atoms with E-state index in [0.717, 1.165) is 6.26 Å². The van der Waals surface area contributed by atoms with E-state index in [4.69, 9.17) is 21.3 Å². The third kappa shape index (κ3) is 5.02. The van der Waals surface area contributed by atoms with Crippen LogP contribution in [-0.4, -0.2) is 44.6 Å². The summed E-state index contributed by atoms with van der Waals surface area (Å²) in [7, 11) is -3.40. The molecule has 0 fully saturated rings. The molecule has 0 bridgehead atoms. The monoisotopic (exact) mass is 529 g/mol. The van der Waals surface area contributed by atoms with Crippen LogP contribution in [0, 0.1) is 11.3 Å². The van der Waals surface area contributed by atoms with Crippen LogP contribution in [0.15, 0.2) is 76.2 Å². The van der Waals surface area contributed by atoms with E-state index in [-0.39, 0.29) is 10.8 Å². The number of hydrogen-bond donors (Lipinski definition) is 0. The maximum atomic E-state index is 11.8. The minimum absolute atomic E-state index is 0.0923. The summed E-state index contributed by atoms with van der Waals surface area (Å²) in [6.07, 6.45) is 5.61. The first-order valence-electron chi connectivity index (χ1n) is 10.7. The Labute approximate surface area is 216 Å². The number of para-hydroxylation sites is 1. The summed E-state index contributed by atoms with van der Waals surface area (Å²) < 4.78 is 31.1. The second kappa shape index (κ2) is 9.77. The van der Waals surface area contributed by atoms with E-state index in [1.165, 1.54) is 12.3 Å². The average molecular weight is 530 g/mol. The fourth-order valence-corrected chi connectivity index (χ4v) is 4.20. The van der Waals surface area contributed by atoms with E-state index >= 15 is 0 Å². The second-order valence-corrected chi connectivity index (χ2v) is 10.2. The van der Waals surface area contributed by atoms with Crippen LogP contribution >= 0.6 is 11.6 Å². The lowest BCUT2D eigenvalue weighted by molar-refractivity contribution is 0.558. The molecular formula is C25H16ClN7O3S. The van der Waals surface area contributed by atoms with Crippen molar-refractivity contribution in [2.45, 2.75) is 4.90 Å². The van der Waals surface area contributed by atoms with Gasteiger partial charge in [0.15, 0.2) is 21.5 Å². The van der Waals surface area contributed by atoms with Gasteiger partial charge in [-0.05, 0) is 54.6 Å². The van der Waals surface area contributed by atoms with Gasteiger partial charge in [0.1, 0.15) is 5.69 Å². The Morgan fingerprint density at radius 2 is 1.76 bits per heavy atom. The molecule has 12 heteroatoms. The molecule has 37 heavy (non-hydrogen) atoms. The number of aromatic nitrogens is 6. The molecule has 0 radical (unpaired) electrons. The highest BCUT2D eigenvalue weighted by atomic mass is 35.5. The molecule has 0 spiro atoms. The molecule has 0 atom stereocenters. The van der Waals surface area contributed by atoms with Crippen molar-refractivity contribution in [2.75, 3.05) is 6.26 Å². The van der Waals surface area contributed by atoms with Crippen LogP contribution in [0.4, 0.5) is 0 Å². The molecule has 0 aliphatic rings. The minimum Gasteiger partial charge on any atom is -0.417 e. The zero-order valence-electron chi connectivity index (χ0n) is 19.1. The van der Waals surface area contributed by atoms with Gasteiger partial charge < -0.3 is 4.42 Å². The highest BCUT2D eigenvalue weighted by Gasteiger charge is 2.18. The van der Waals surface area contributed by atoms with Crippen molar-refractivity contribution in [1.29, 1.82) is 5.26 Å². The van der Waals surface area contributed by atoms with Gasteiger partial charge in [0.05, 0.1) is 27.2 Å². The largest absolute Gasteiger partial charge is 0.417 e. The van der Waals surface area contributed by atoms with Gasteiger partial charge in [-0.3, -0.25) is 9.55 Å². The predicted octanol–water partition coefficient (Wildman–Crippen LogP) is 4.48. The van der Waals surface area contributed by atoms with Gasteiger partial charge in [-0.15, -0.1) is 20.4 Å². The molecule has 3 aromatic heterocycles. The third-order valence-electron chi connectivity index (χ3n) is 5.25. The van der Waals surface area contributed by atoms with Crippen molar-refractivity contribution < 1.29 is 12.8 Å². The number of nitriles is 1. The van der Waals surface area contributed by atoms with Crippen molar-refractivity contribution in [3.63, 3.8) is 0 Å². The van der Waals surface area contributed by atoms with Crippen molar-refractivity contribution in [3.05, 3.63) is 89.2 Å². The Bertz CT molecular complexity index is 1770. The first-order valence-corrected chi connectivity index (χ1v) is 13.0. The van der Waals surface area contributed by atoms with Crippen LogP contribution in [0.3, 0.4) is 0 Å². The summed E-state index contributed by atoms with van der Waals surface area (Å²) in [4.78, 5) is 4.37. The summed E-state index contributed by atoms with van der Waals surface area (Å²) in [6.45, 7) is 0. The van der Waals surface area contributed by atoms with Crippen LogP contribution < -0.4 is 0 Å². The number of halogens is 1. The Hall–Kier alpha value is -4.66. The second-order valence-electron chi connectivity index (χ2n) is 7.79. The molecule has 5 aromatic rings. The Balaban J connectivity index is 1.52. The van der Waals surface area contributed by atoms with E-state index in [2.05, 4.69) is 31.4 Å². The fourth-order valence-electron chi connectivity index (χ4n) is 3.42. The van der Waals surface area contributed by atoms with E-state index in [1.54, 1.807) is 65.3 Å². The van der Waals surface area contributed by atoms with Crippen molar-refractivity contribution >= 4 is 33.6 Å². The number of nitrogens with zero attached hydrogens (tertiary/aromatic N) is 7. The maximum Gasteiger partial charge on any atom is 0.248 e. The summed E-state index contributed by atoms with van der Waals surface area (Å²) in [6, 6.07) is 19.0. The van der Waals surface area contributed by atoms with Gasteiger partial charge in [0.25, 0.3) is 0 Å². The average Bonchev–Trinajstić information content (AvgIpc) is 3.55. The molecule has 182 valence electrons. The molecule has 3 heterocycles. The van der Waals surface area contributed by atoms with Crippen molar-refractivity contribution in [2.24, 2.45) is 0 Å². The van der Waals surface area contributed by atoms with E-state index in [0.29, 0.717) is 45.1 Å². The van der Waals surface area contributed by atoms with E-state index < -0.39 is 9.84 Å². The molecule has 0 amide bonds. The van der Waals surface area contributed by atoms with E-state index in [1.807, 2.05) is 6.07 Å². The van der Waals surface area contributed by atoms with Crippen LogP contribution in [0.25, 0.3) is 40.8 Å². The number of benzene rings is 2. The molecule has 0 saturated carbocycles. The van der Waals surface area contributed by atoms with Crippen LogP contribution in [0.1, 0.15) is 17.3 Å². The van der Waals surface area contributed by atoms with Crippen molar-refractivity contribution in [3.8, 4) is 34.7 Å². The molecule has 10 nitrogen and oxygen atoms in total. The first-order chi connectivity index (χ1) is 17.8. The summed E-state index contributed by atoms with van der Waals surface area (Å²) in [5, 5.41) is 26.1. The van der Waals surface area contributed by atoms with Crippen LogP contribution in [0.2, 0.25) is 5.02 Å². The molecule has 0 aliphatic heterocycles. The quantitative estimate of drug-likeness (QED) is 0.311. The summed E-state index contributed by atoms with van der Waals surface area (Å²) in [5.74, 6) is 1.28. The van der Waals surface area contributed by atoms with E-state index in [9.17, 15) is 8.42 Å². The Kier molecular flexibility index (Phi) is 6.35. The normalized spacial score (nSPS) is 11.6. The molecule has 0 aliphatic carbocycles. The van der Waals surface area contributed by atoms with Gasteiger partial charge in [-0.25, -0.2) is 8.42 Å².